The fourth-order valence-corrected chi connectivity index (χ4v) is 2.89. The Kier molecular flexibility index (Phi) is 5.99. The molecule has 0 heterocycles. The number of rotatable bonds is 6. The second-order valence-corrected chi connectivity index (χ2v) is 7.53. The van der Waals surface area contributed by atoms with Gasteiger partial charge in [0.25, 0.3) is 0 Å². The van der Waals surface area contributed by atoms with Crippen LogP contribution in [-0.4, -0.2) is 14.3 Å². The fraction of sp³-hybridized carbons (Fsp3) is 0.235. The van der Waals surface area contributed by atoms with E-state index < -0.39 is 10.0 Å². The zero-order valence-corrected chi connectivity index (χ0v) is 14.8. The van der Waals surface area contributed by atoms with E-state index in [1.165, 1.54) is 12.1 Å². The maximum Gasteiger partial charge on any atom is 0.238 e. The van der Waals surface area contributed by atoms with Crippen LogP contribution in [0.3, 0.4) is 0 Å². The van der Waals surface area contributed by atoms with Gasteiger partial charge in [-0.3, -0.25) is 4.79 Å². The molecule has 0 aliphatic rings. The molecule has 1 atom stereocenters. The third-order valence-electron chi connectivity index (χ3n) is 3.64. The molecule has 1 amide bonds. The molecule has 0 fully saturated rings. The Hall–Kier alpha value is -1.89. The normalized spacial score (nSPS) is 12.6. The van der Waals surface area contributed by atoms with Crippen molar-refractivity contribution in [1.29, 1.82) is 0 Å². The van der Waals surface area contributed by atoms with Crippen molar-refractivity contribution in [3.8, 4) is 0 Å². The summed E-state index contributed by atoms with van der Waals surface area (Å²) in [5, 5.41) is 8.62. The van der Waals surface area contributed by atoms with Crippen molar-refractivity contribution in [2.45, 2.75) is 30.7 Å². The van der Waals surface area contributed by atoms with Crippen LogP contribution in [0.4, 0.5) is 0 Å². The highest BCUT2D eigenvalue weighted by Gasteiger charge is 2.11. The summed E-state index contributed by atoms with van der Waals surface area (Å²) in [6.07, 6.45) is 0.830. The molecule has 0 aromatic heterocycles. The second-order valence-electron chi connectivity index (χ2n) is 5.53. The van der Waals surface area contributed by atoms with Crippen molar-refractivity contribution in [2.24, 2.45) is 5.14 Å². The molecule has 0 radical (unpaired) electrons. The van der Waals surface area contributed by atoms with Gasteiger partial charge in [0.1, 0.15) is 0 Å². The molecule has 24 heavy (non-hydrogen) atoms. The lowest BCUT2D eigenvalue weighted by Gasteiger charge is -2.14. The van der Waals surface area contributed by atoms with Gasteiger partial charge in [0.2, 0.25) is 15.9 Å². The lowest BCUT2D eigenvalue weighted by Crippen LogP contribution is -2.26. The number of aryl methyl sites for hydroxylation is 1. The van der Waals surface area contributed by atoms with E-state index in [0.29, 0.717) is 17.9 Å². The molecule has 0 spiro atoms. The summed E-state index contributed by atoms with van der Waals surface area (Å²) in [6.45, 7) is 1.90. The van der Waals surface area contributed by atoms with Gasteiger partial charge in [-0.1, -0.05) is 35.9 Å². The molecular formula is C17H19ClN2O3S. The molecule has 3 N–H and O–H groups in total. The Bertz CT molecular complexity index is 803. The number of nitrogens with one attached hydrogen (secondary N) is 1. The Morgan fingerprint density at radius 1 is 1.12 bits per heavy atom. The number of hydrogen-bond acceptors (Lipinski definition) is 3. The van der Waals surface area contributed by atoms with Gasteiger partial charge < -0.3 is 5.32 Å². The molecule has 5 nitrogen and oxygen atoms in total. The molecule has 0 saturated heterocycles. The van der Waals surface area contributed by atoms with Gasteiger partial charge in [0, 0.05) is 11.4 Å². The van der Waals surface area contributed by atoms with Crippen LogP contribution in [0.15, 0.2) is 53.4 Å². The smallest absolute Gasteiger partial charge is 0.238 e. The Morgan fingerprint density at radius 3 is 2.25 bits per heavy atom. The zero-order chi connectivity index (χ0) is 17.7. The van der Waals surface area contributed by atoms with Crippen molar-refractivity contribution in [3.05, 3.63) is 64.7 Å². The summed E-state index contributed by atoms with van der Waals surface area (Å²) in [5.74, 6) is -0.0760. The van der Waals surface area contributed by atoms with Crippen LogP contribution in [0.5, 0.6) is 0 Å². The molecule has 2 aromatic rings. The largest absolute Gasteiger partial charge is 0.350 e. The highest BCUT2D eigenvalue weighted by Crippen LogP contribution is 2.16. The Labute approximate surface area is 146 Å². The van der Waals surface area contributed by atoms with Gasteiger partial charge in [-0.15, -0.1) is 0 Å². The predicted octanol–water partition coefficient (Wildman–Crippen LogP) is 2.80. The number of benzene rings is 2. The number of halogens is 1. The summed E-state index contributed by atoms with van der Waals surface area (Å²) in [5.41, 5.74) is 1.85. The minimum atomic E-state index is -3.69. The number of carbonyl (C=O) groups is 1. The maximum atomic E-state index is 12.0. The van der Waals surface area contributed by atoms with Gasteiger partial charge in [0.15, 0.2) is 0 Å². The number of primary sulfonamides is 1. The SMILES string of the molecule is C[C@@H](NC(=O)CCc1ccc(S(N)(=O)=O)cc1)c1ccc(Cl)cc1. The van der Waals surface area contributed by atoms with E-state index in [-0.39, 0.29) is 16.8 Å². The molecule has 7 heteroatoms. The van der Waals surface area contributed by atoms with Crippen molar-refractivity contribution in [2.75, 3.05) is 0 Å². The number of sulfonamides is 1. The van der Waals surface area contributed by atoms with Crippen LogP contribution in [0.1, 0.15) is 30.5 Å². The van der Waals surface area contributed by atoms with Gasteiger partial charge >= 0.3 is 0 Å². The van der Waals surface area contributed by atoms with E-state index in [9.17, 15) is 13.2 Å². The predicted molar refractivity (Wildman–Crippen MR) is 94.1 cm³/mol. The van der Waals surface area contributed by atoms with Crippen LogP contribution in [0.2, 0.25) is 5.02 Å². The average molecular weight is 367 g/mol. The third-order valence-corrected chi connectivity index (χ3v) is 4.82. The standard InChI is InChI=1S/C17H19ClN2O3S/c1-12(14-5-7-15(18)8-6-14)20-17(21)11-4-13-2-9-16(10-3-13)24(19,22)23/h2-3,5-10,12H,4,11H2,1H3,(H,20,21)(H2,19,22,23)/t12-/m1/s1. The van der Waals surface area contributed by atoms with Crippen molar-refractivity contribution in [1.82, 2.24) is 5.32 Å². The van der Waals surface area contributed by atoms with E-state index in [0.717, 1.165) is 11.1 Å². The average Bonchev–Trinajstić information content (AvgIpc) is 2.53. The quantitative estimate of drug-likeness (QED) is 0.823. The van der Waals surface area contributed by atoms with Crippen LogP contribution in [0.25, 0.3) is 0 Å². The molecule has 2 rings (SSSR count). The second kappa shape index (κ2) is 7.79. The molecule has 0 aliphatic carbocycles. The summed E-state index contributed by atoms with van der Waals surface area (Å²) in [6, 6.07) is 13.4. The number of amides is 1. The first-order chi connectivity index (χ1) is 11.3. The molecule has 0 unspecified atom stereocenters. The van der Waals surface area contributed by atoms with E-state index in [4.69, 9.17) is 16.7 Å². The number of hydrogen-bond donors (Lipinski definition) is 2. The first-order valence-electron chi connectivity index (χ1n) is 7.42. The summed E-state index contributed by atoms with van der Waals surface area (Å²) < 4.78 is 22.4. The zero-order valence-electron chi connectivity index (χ0n) is 13.2. The molecular weight excluding hydrogens is 348 g/mol. The van der Waals surface area contributed by atoms with Gasteiger partial charge in [-0.25, -0.2) is 13.6 Å². The Balaban J connectivity index is 1.87. The summed E-state index contributed by atoms with van der Waals surface area (Å²) in [7, 11) is -3.69. The van der Waals surface area contributed by atoms with Crippen LogP contribution >= 0.6 is 11.6 Å². The minimum Gasteiger partial charge on any atom is -0.350 e. The van der Waals surface area contributed by atoms with Gasteiger partial charge in [-0.2, -0.15) is 0 Å². The maximum absolute atomic E-state index is 12.0. The third kappa shape index (κ3) is 5.33. The topological polar surface area (TPSA) is 89.3 Å². The molecule has 128 valence electrons. The molecule has 2 aromatic carbocycles. The monoisotopic (exact) mass is 366 g/mol. The molecule has 0 aliphatic heterocycles. The number of carbonyl (C=O) groups excluding carboxylic acids is 1. The highest BCUT2D eigenvalue weighted by molar-refractivity contribution is 7.89. The van der Waals surface area contributed by atoms with E-state index in [1.807, 2.05) is 19.1 Å². The van der Waals surface area contributed by atoms with Gasteiger partial charge in [0.05, 0.1) is 10.9 Å². The lowest BCUT2D eigenvalue weighted by molar-refractivity contribution is -0.121. The van der Waals surface area contributed by atoms with Crippen LogP contribution in [0, 0.1) is 0 Å². The summed E-state index contributed by atoms with van der Waals surface area (Å²) in [4.78, 5) is 12.1. The number of nitrogens with two attached hydrogens (primary N) is 1. The first kappa shape index (κ1) is 18.4. The minimum absolute atomic E-state index is 0.0621. The van der Waals surface area contributed by atoms with Gasteiger partial charge in [-0.05, 0) is 48.7 Å². The van der Waals surface area contributed by atoms with Crippen LogP contribution in [-0.2, 0) is 21.2 Å². The Morgan fingerprint density at radius 2 is 1.71 bits per heavy atom. The van der Waals surface area contributed by atoms with E-state index in [2.05, 4.69) is 5.32 Å². The molecule has 0 bridgehead atoms. The van der Waals surface area contributed by atoms with Crippen molar-refractivity contribution < 1.29 is 13.2 Å². The fourth-order valence-electron chi connectivity index (χ4n) is 2.25. The highest BCUT2D eigenvalue weighted by atomic mass is 35.5. The molecule has 0 saturated carbocycles. The van der Waals surface area contributed by atoms with E-state index >= 15 is 0 Å². The van der Waals surface area contributed by atoms with Crippen molar-refractivity contribution in [3.63, 3.8) is 0 Å². The first-order valence-corrected chi connectivity index (χ1v) is 9.35. The lowest BCUT2D eigenvalue weighted by atomic mass is 10.1. The van der Waals surface area contributed by atoms with E-state index in [1.54, 1.807) is 24.3 Å². The van der Waals surface area contributed by atoms with Crippen molar-refractivity contribution >= 4 is 27.5 Å². The van der Waals surface area contributed by atoms with Crippen LogP contribution < -0.4 is 10.5 Å². The summed E-state index contributed by atoms with van der Waals surface area (Å²) >= 11 is 5.85.